The molecule has 0 saturated heterocycles. The molecule has 2 nitrogen and oxygen atoms in total. The van der Waals surface area contributed by atoms with E-state index in [1.165, 1.54) is 22.6 Å². The largest absolute Gasteiger partial charge is 0.256 e. The molecule has 0 radical (unpaired) electrons. The van der Waals surface area contributed by atoms with E-state index in [2.05, 4.69) is 36.3 Å². The van der Waals surface area contributed by atoms with Crippen LogP contribution in [0.3, 0.4) is 0 Å². The number of aryl methyl sites for hydroxylation is 2. The van der Waals surface area contributed by atoms with Gasteiger partial charge < -0.3 is 0 Å². The molecule has 6 heteroatoms. The van der Waals surface area contributed by atoms with Crippen LogP contribution in [0.5, 0.6) is 0 Å². The predicted octanol–water partition coefficient (Wildman–Crippen LogP) is 6.11. The van der Waals surface area contributed by atoms with Gasteiger partial charge in [0.25, 0.3) is 0 Å². The third-order valence-electron chi connectivity index (χ3n) is 3.75. The lowest BCUT2D eigenvalue weighted by Crippen LogP contribution is -1.91. The molecule has 0 bridgehead atoms. The quantitative estimate of drug-likeness (QED) is 0.471. The van der Waals surface area contributed by atoms with E-state index in [4.69, 9.17) is 11.6 Å². The van der Waals surface area contributed by atoms with Gasteiger partial charge in [0, 0.05) is 33.9 Å². The van der Waals surface area contributed by atoms with E-state index in [0.29, 0.717) is 10.9 Å². The first-order valence-electron chi connectivity index (χ1n) is 7.81. The standard InChI is InChI=1S/C19H18ClFN2S2/c1-13-3-7-15(8-4-13)25-12-18-17(19(20)23(2)22-18)11-24-16-9-5-14(21)6-10-16/h3-10H,11-12H2,1-2H3. The molecule has 0 fully saturated rings. The van der Waals surface area contributed by atoms with Crippen LogP contribution < -0.4 is 0 Å². The Hall–Kier alpha value is -1.43. The number of aromatic nitrogens is 2. The number of nitrogens with zero attached hydrogens (tertiary/aromatic N) is 2. The number of hydrogen-bond acceptors (Lipinski definition) is 3. The molecular formula is C19H18ClFN2S2. The van der Waals surface area contributed by atoms with Crippen molar-refractivity contribution in [2.75, 3.05) is 0 Å². The van der Waals surface area contributed by atoms with Crippen molar-refractivity contribution in [3.05, 3.63) is 76.3 Å². The normalized spacial score (nSPS) is 11.0. The molecule has 25 heavy (non-hydrogen) atoms. The molecule has 3 aromatic rings. The second-order valence-corrected chi connectivity index (χ2v) is 8.14. The molecular weight excluding hydrogens is 375 g/mol. The maximum Gasteiger partial charge on any atom is 0.131 e. The zero-order chi connectivity index (χ0) is 17.8. The molecule has 0 amide bonds. The molecule has 2 aromatic carbocycles. The summed E-state index contributed by atoms with van der Waals surface area (Å²) in [5.41, 5.74) is 3.28. The Morgan fingerprint density at radius 1 is 0.960 bits per heavy atom. The van der Waals surface area contributed by atoms with Gasteiger partial charge in [0.05, 0.1) is 5.69 Å². The van der Waals surface area contributed by atoms with Crippen LogP contribution in [0, 0.1) is 12.7 Å². The van der Waals surface area contributed by atoms with Crippen LogP contribution in [-0.4, -0.2) is 9.78 Å². The van der Waals surface area contributed by atoms with Gasteiger partial charge in [-0.1, -0.05) is 29.3 Å². The van der Waals surface area contributed by atoms with Crippen molar-refractivity contribution in [2.45, 2.75) is 28.2 Å². The first-order chi connectivity index (χ1) is 12.0. The summed E-state index contributed by atoms with van der Waals surface area (Å²) in [4.78, 5) is 2.22. The average Bonchev–Trinajstić information content (AvgIpc) is 2.88. The van der Waals surface area contributed by atoms with E-state index in [1.807, 2.05) is 7.05 Å². The monoisotopic (exact) mass is 392 g/mol. The molecule has 0 atom stereocenters. The molecule has 0 unspecified atom stereocenters. The summed E-state index contributed by atoms with van der Waals surface area (Å²) in [6, 6.07) is 15.0. The average molecular weight is 393 g/mol. The Bertz CT molecular complexity index is 845. The minimum atomic E-state index is -0.223. The molecule has 3 rings (SSSR count). The fourth-order valence-corrected chi connectivity index (χ4v) is 4.43. The Labute approximate surface area is 160 Å². The van der Waals surface area contributed by atoms with E-state index in [9.17, 15) is 4.39 Å². The van der Waals surface area contributed by atoms with Gasteiger partial charge in [-0.3, -0.25) is 4.68 Å². The predicted molar refractivity (Wildman–Crippen MR) is 105 cm³/mol. The highest BCUT2D eigenvalue weighted by Gasteiger charge is 2.15. The molecule has 130 valence electrons. The fraction of sp³-hybridized carbons (Fsp3) is 0.211. The summed E-state index contributed by atoms with van der Waals surface area (Å²) in [5.74, 6) is 1.25. The first-order valence-corrected chi connectivity index (χ1v) is 10.2. The van der Waals surface area contributed by atoms with Gasteiger partial charge in [-0.05, 0) is 43.3 Å². The number of hydrogen-bond donors (Lipinski definition) is 0. The zero-order valence-corrected chi connectivity index (χ0v) is 16.4. The SMILES string of the molecule is Cc1ccc(SCc2nn(C)c(Cl)c2CSc2ccc(F)cc2)cc1. The number of thioether (sulfide) groups is 2. The topological polar surface area (TPSA) is 17.8 Å². The highest BCUT2D eigenvalue weighted by molar-refractivity contribution is 7.99. The van der Waals surface area contributed by atoms with Crippen molar-refractivity contribution in [3.8, 4) is 0 Å². The minimum Gasteiger partial charge on any atom is -0.256 e. The lowest BCUT2D eigenvalue weighted by atomic mass is 10.2. The van der Waals surface area contributed by atoms with Crippen molar-refractivity contribution < 1.29 is 4.39 Å². The lowest BCUT2D eigenvalue weighted by Gasteiger charge is -2.05. The van der Waals surface area contributed by atoms with E-state index in [-0.39, 0.29) is 5.82 Å². The molecule has 0 spiro atoms. The van der Waals surface area contributed by atoms with Gasteiger partial charge in [0.15, 0.2) is 0 Å². The first kappa shape index (κ1) is 18.4. The smallest absolute Gasteiger partial charge is 0.131 e. The molecule has 1 aromatic heterocycles. The van der Waals surface area contributed by atoms with Crippen molar-refractivity contribution >= 4 is 35.1 Å². The number of benzene rings is 2. The Morgan fingerprint density at radius 2 is 1.52 bits per heavy atom. The highest BCUT2D eigenvalue weighted by atomic mass is 35.5. The van der Waals surface area contributed by atoms with Crippen LogP contribution in [0.15, 0.2) is 58.3 Å². The second-order valence-electron chi connectivity index (χ2n) is 5.68. The summed E-state index contributed by atoms with van der Waals surface area (Å²) >= 11 is 9.81. The van der Waals surface area contributed by atoms with Gasteiger partial charge in [0.1, 0.15) is 11.0 Å². The molecule has 1 heterocycles. The van der Waals surface area contributed by atoms with E-state index >= 15 is 0 Å². The van der Waals surface area contributed by atoms with Crippen LogP contribution >= 0.6 is 35.1 Å². The van der Waals surface area contributed by atoms with Crippen LogP contribution in [0.1, 0.15) is 16.8 Å². The van der Waals surface area contributed by atoms with Crippen molar-refractivity contribution in [1.29, 1.82) is 0 Å². The maximum atomic E-state index is 13.0. The van der Waals surface area contributed by atoms with E-state index in [1.54, 1.807) is 40.3 Å². The lowest BCUT2D eigenvalue weighted by molar-refractivity contribution is 0.626. The summed E-state index contributed by atoms with van der Waals surface area (Å²) in [7, 11) is 1.86. The van der Waals surface area contributed by atoms with Crippen molar-refractivity contribution in [1.82, 2.24) is 9.78 Å². The molecule has 0 aliphatic rings. The number of halogens is 2. The van der Waals surface area contributed by atoms with Gasteiger partial charge in [-0.25, -0.2) is 4.39 Å². The van der Waals surface area contributed by atoms with Gasteiger partial charge in [-0.2, -0.15) is 5.10 Å². The third kappa shape index (κ3) is 4.81. The molecule has 0 aliphatic carbocycles. The van der Waals surface area contributed by atoms with Gasteiger partial charge >= 0.3 is 0 Å². The van der Waals surface area contributed by atoms with Gasteiger partial charge in [0.2, 0.25) is 0 Å². The van der Waals surface area contributed by atoms with Crippen molar-refractivity contribution in [2.24, 2.45) is 7.05 Å². The second kappa shape index (κ2) is 8.30. The Balaban J connectivity index is 1.70. The Kier molecular flexibility index (Phi) is 6.10. The minimum absolute atomic E-state index is 0.223. The third-order valence-corrected chi connectivity index (χ3v) is 6.28. The molecule has 0 aliphatic heterocycles. The van der Waals surface area contributed by atoms with E-state index < -0.39 is 0 Å². The summed E-state index contributed by atoms with van der Waals surface area (Å²) < 4.78 is 14.7. The van der Waals surface area contributed by atoms with Crippen LogP contribution in [0.4, 0.5) is 4.39 Å². The Morgan fingerprint density at radius 3 is 2.16 bits per heavy atom. The maximum absolute atomic E-state index is 13.0. The molecule has 0 N–H and O–H groups in total. The summed E-state index contributed by atoms with van der Waals surface area (Å²) in [6.07, 6.45) is 0. The molecule has 0 saturated carbocycles. The van der Waals surface area contributed by atoms with Crippen molar-refractivity contribution in [3.63, 3.8) is 0 Å². The van der Waals surface area contributed by atoms with E-state index in [0.717, 1.165) is 21.9 Å². The number of rotatable bonds is 6. The summed E-state index contributed by atoms with van der Waals surface area (Å²) in [5, 5.41) is 5.22. The van der Waals surface area contributed by atoms with Crippen LogP contribution in [-0.2, 0) is 18.6 Å². The van der Waals surface area contributed by atoms with Gasteiger partial charge in [-0.15, -0.1) is 23.5 Å². The van der Waals surface area contributed by atoms with Crippen LogP contribution in [0.2, 0.25) is 5.15 Å². The fourth-order valence-electron chi connectivity index (χ4n) is 2.33. The summed E-state index contributed by atoms with van der Waals surface area (Å²) in [6.45, 7) is 2.08. The highest BCUT2D eigenvalue weighted by Crippen LogP contribution is 2.32. The zero-order valence-electron chi connectivity index (χ0n) is 14.0. The van der Waals surface area contributed by atoms with Crippen LogP contribution in [0.25, 0.3) is 0 Å².